The first-order valence-corrected chi connectivity index (χ1v) is 7.05. The molecule has 3 rings (SSSR count). The molecule has 21 heavy (non-hydrogen) atoms. The molecule has 0 aliphatic carbocycles. The molecule has 6 heteroatoms. The van der Waals surface area contributed by atoms with Gasteiger partial charge in [0, 0.05) is 18.6 Å². The topological polar surface area (TPSA) is 73.6 Å². The Hall–Kier alpha value is -2.24. The summed E-state index contributed by atoms with van der Waals surface area (Å²) >= 11 is 0. The largest absolute Gasteiger partial charge is 0.486 e. The van der Waals surface area contributed by atoms with Crippen LogP contribution in [-0.4, -0.2) is 33.8 Å². The standard InChI is InChI=1S/C15H18N2O4/c1-9(2)5-14-16-10-6-12-13(21-4-3-20-12)7-11(10)17(14)8-15(18)19/h6-7,9H,3-5,8H2,1-2H3,(H,18,19). The number of hydrogen-bond acceptors (Lipinski definition) is 4. The van der Waals surface area contributed by atoms with E-state index in [-0.39, 0.29) is 6.54 Å². The lowest BCUT2D eigenvalue weighted by Gasteiger charge is -2.18. The maximum Gasteiger partial charge on any atom is 0.323 e. The molecule has 0 bridgehead atoms. The van der Waals surface area contributed by atoms with Gasteiger partial charge in [-0.1, -0.05) is 13.8 Å². The van der Waals surface area contributed by atoms with Crippen LogP contribution in [0.5, 0.6) is 11.5 Å². The van der Waals surface area contributed by atoms with E-state index in [9.17, 15) is 4.79 Å². The van der Waals surface area contributed by atoms with Crippen LogP contribution in [0.4, 0.5) is 0 Å². The number of carboxylic acids is 1. The number of aromatic nitrogens is 2. The van der Waals surface area contributed by atoms with Gasteiger partial charge in [-0.25, -0.2) is 4.98 Å². The molecule has 1 aromatic carbocycles. The van der Waals surface area contributed by atoms with E-state index in [4.69, 9.17) is 14.6 Å². The Morgan fingerprint density at radius 2 is 2.00 bits per heavy atom. The minimum absolute atomic E-state index is 0.0990. The average molecular weight is 290 g/mol. The number of benzene rings is 1. The van der Waals surface area contributed by atoms with E-state index in [1.165, 1.54) is 0 Å². The molecule has 0 unspecified atom stereocenters. The Morgan fingerprint density at radius 3 is 2.62 bits per heavy atom. The predicted molar refractivity (Wildman–Crippen MR) is 76.9 cm³/mol. The molecular weight excluding hydrogens is 272 g/mol. The van der Waals surface area contributed by atoms with Gasteiger partial charge in [0.05, 0.1) is 11.0 Å². The Morgan fingerprint density at radius 1 is 1.33 bits per heavy atom. The first-order valence-electron chi connectivity index (χ1n) is 7.05. The second kappa shape index (κ2) is 5.27. The maximum atomic E-state index is 11.1. The zero-order valence-electron chi connectivity index (χ0n) is 12.1. The number of carboxylic acid groups (broad SMARTS) is 1. The van der Waals surface area contributed by atoms with Crippen LogP contribution in [0.3, 0.4) is 0 Å². The van der Waals surface area contributed by atoms with Gasteiger partial charge in [0.25, 0.3) is 0 Å². The SMILES string of the molecule is CC(C)Cc1nc2cc3c(cc2n1CC(=O)O)OCCO3. The van der Waals surface area contributed by atoms with E-state index in [0.29, 0.717) is 30.6 Å². The minimum Gasteiger partial charge on any atom is -0.486 e. The van der Waals surface area contributed by atoms with Crippen molar-refractivity contribution >= 4 is 17.0 Å². The molecule has 0 fully saturated rings. The van der Waals surface area contributed by atoms with Gasteiger partial charge in [0.1, 0.15) is 25.6 Å². The Balaban J connectivity index is 2.14. The lowest BCUT2D eigenvalue weighted by atomic mass is 10.1. The quantitative estimate of drug-likeness (QED) is 0.933. The van der Waals surface area contributed by atoms with Gasteiger partial charge in [-0.3, -0.25) is 4.79 Å². The summed E-state index contributed by atoms with van der Waals surface area (Å²) in [6, 6.07) is 3.65. The van der Waals surface area contributed by atoms with E-state index in [1.54, 1.807) is 4.57 Å². The fraction of sp³-hybridized carbons (Fsp3) is 0.467. The van der Waals surface area contributed by atoms with Crippen molar-refractivity contribution in [2.75, 3.05) is 13.2 Å². The van der Waals surface area contributed by atoms with Crippen molar-refractivity contribution in [3.63, 3.8) is 0 Å². The zero-order chi connectivity index (χ0) is 15.0. The number of aliphatic carboxylic acids is 1. The van der Waals surface area contributed by atoms with Crippen molar-refractivity contribution in [1.82, 2.24) is 9.55 Å². The lowest BCUT2D eigenvalue weighted by molar-refractivity contribution is -0.137. The Kier molecular flexibility index (Phi) is 3.45. The molecule has 112 valence electrons. The van der Waals surface area contributed by atoms with E-state index in [1.807, 2.05) is 12.1 Å². The molecule has 1 aliphatic heterocycles. The average Bonchev–Trinajstić information content (AvgIpc) is 2.72. The van der Waals surface area contributed by atoms with Gasteiger partial charge in [-0.15, -0.1) is 0 Å². The van der Waals surface area contributed by atoms with Gasteiger partial charge in [0.2, 0.25) is 0 Å². The summed E-state index contributed by atoms with van der Waals surface area (Å²) in [4.78, 5) is 15.7. The summed E-state index contributed by atoms with van der Waals surface area (Å²) in [7, 11) is 0. The first-order chi connectivity index (χ1) is 10.0. The lowest BCUT2D eigenvalue weighted by Crippen LogP contribution is -2.16. The van der Waals surface area contributed by atoms with Crippen molar-refractivity contribution in [3.8, 4) is 11.5 Å². The molecule has 1 aliphatic rings. The number of carbonyl (C=O) groups is 1. The second-order valence-electron chi connectivity index (χ2n) is 5.59. The molecule has 0 radical (unpaired) electrons. The van der Waals surface area contributed by atoms with Crippen LogP contribution in [0, 0.1) is 5.92 Å². The van der Waals surface area contributed by atoms with Gasteiger partial charge in [0.15, 0.2) is 11.5 Å². The second-order valence-corrected chi connectivity index (χ2v) is 5.59. The first kappa shape index (κ1) is 13.7. The molecule has 0 atom stereocenters. The van der Waals surface area contributed by atoms with Crippen LogP contribution in [0.2, 0.25) is 0 Å². The maximum absolute atomic E-state index is 11.1. The van der Waals surface area contributed by atoms with Crippen LogP contribution in [-0.2, 0) is 17.8 Å². The van der Waals surface area contributed by atoms with Crippen molar-refractivity contribution in [1.29, 1.82) is 0 Å². The van der Waals surface area contributed by atoms with Crippen LogP contribution in [0.1, 0.15) is 19.7 Å². The van der Waals surface area contributed by atoms with Gasteiger partial charge >= 0.3 is 5.97 Å². The van der Waals surface area contributed by atoms with E-state index in [0.717, 1.165) is 23.3 Å². The molecule has 1 N–H and O–H groups in total. The van der Waals surface area contributed by atoms with Crippen LogP contribution in [0.25, 0.3) is 11.0 Å². The minimum atomic E-state index is -0.880. The monoisotopic (exact) mass is 290 g/mol. The molecule has 0 spiro atoms. The van der Waals surface area contributed by atoms with Crippen molar-refractivity contribution < 1.29 is 19.4 Å². The van der Waals surface area contributed by atoms with Crippen LogP contribution < -0.4 is 9.47 Å². The van der Waals surface area contributed by atoms with Gasteiger partial charge < -0.3 is 19.1 Å². The van der Waals surface area contributed by atoms with E-state index >= 15 is 0 Å². The summed E-state index contributed by atoms with van der Waals surface area (Å²) in [6.07, 6.45) is 0.730. The van der Waals surface area contributed by atoms with Crippen molar-refractivity contribution in [2.24, 2.45) is 5.92 Å². The Labute approximate surface area is 122 Å². The summed E-state index contributed by atoms with van der Waals surface area (Å²) in [5.74, 6) is 1.62. The molecule has 2 aromatic rings. The van der Waals surface area contributed by atoms with Crippen molar-refractivity contribution in [3.05, 3.63) is 18.0 Å². The molecule has 2 heterocycles. The molecule has 0 amide bonds. The third kappa shape index (κ3) is 2.66. The smallest absolute Gasteiger partial charge is 0.323 e. The third-order valence-corrected chi connectivity index (χ3v) is 3.38. The number of fused-ring (bicyclic) bond motifs is 2. The molecule has 0 saturated carbocycles. The molecule has 1 aromatic heterocycles. The number of rotatable bonds is 4. The fourth-order valence-electron chi connectivity index (χ4n) is 2.54. The van der Waals surface area contributed by atoms with Crippen LogP contribution in [0.15, 0.2) is 12.1 Å². The highest BCUT2D eigenvalue weighted by Crippen LogP contribution is 2.35. The van der Waals surface area contributed by atoms with E-state index < -0.39 is 5.97 Å². The molecule has 6 nitrogen and oxygen atoms in total. The summed E-state index contributed by atoms with van der Waals surface area (Å²) in [5.41, 5.74) is 1.52. The summed E-state index contributed by atoms with van der Waals surface area (Å²) < 4.78 is 12.9. The summed E-state index contributed by atoms with van der Waals surface area (Å²) in [6.45, 7) is 5.10. The van der Waals surface area contributed by atoms with Crippen molar-refractivity contribution in [2.45, 2.75) is 26.8 Å². The fourth-order valence-corrected chi connectivity index (χ4v) is 2.54. The Bertz CT molecular complexity index is 691. The predicted octanol–water partition coefficient (Wildman–Crippen LogP) is 2.09. The summed E-state index contributed by atoms with van der Waals surface area (Å²) in [5, 5.41) is 9.14. The number of ether oxygens (including phenoxy) is 2. The van der Waals surface area contributed by atoms with Crippen LogP contribution >= 0.6 is 0 Å². The number of nitrogens with zero attached hydrogens (tertiary/aromatic N) is 2. The molecule has 0 saturated heterocycles. The van der Waals surface area contributed by atoms with Gasteiger partial charge in [-0.05, 0) is 5.92 Å². The zero-order valence-corrected chi connectivity index (χ0v) is 12.1. The van der Waals surface area contributed by atoms with E-state index in [2.05, 4.69) is 18.8 Å². The third-order valence-electron chi connectivity index (χ3n) is 3.38. The van der Waals surface area contributed by atoms with Gasteiger partial charge in [-0.2, -0.15) is 0 Å². The normalized spacial score (nSPS) is 13.9. The number of imidazole rings is 1. The highest BCUT2D eigenvalue weighted by molar-refractivity contribution is 5.82. The highest BCUT2D eigenvalue weighted by Gasteiger charge is 2.19. The molecular formula is C15H18N2O4. The number of hydrogen-bond donors (Lipinski definition) is 1. The highest BCUT2D eigenvalue weighted by atomic mass is 16.6.